The van der Waals surface area contributed by atoms with Crippen molar-refractivity contribution in [2.75, 3.05) is 25.1 Å². The summed E-state index contributed by atoms with van der Waals surface area (Å²) < 4.78 is 18.2. The third-order valence-electron chi connectivity index (χ3n) is 4.05. The fourth-order valence-electron chi connectivity index (χ4n) is 2.72. The number of nitrogens with one attached hydrogen (secondary N) is 3. The van der Waals surface area contributed by atoms with Gasteiger partial charge in [-0.15, -0.1) is 0 Å². The van der Waals surface area contributed by atoms with Gasteiger partial charge in [-0.3, -0.25) is 0 Å². The summed E-state index contributed by atoms with van der Waals surface area (Å²) in [6.07, 6.45) is 2.20. The van der Waals surface area contributed by atoms with E-state index >= 15 is 0 Å². The van der Waals surface area contributed by atoms with Gasteiger partial charge in [-0.05, 0) is 42.7 Å². The topological polar surface area (TPSA) is 108 Å². The molecule has 1 fully saturated rings. The first-order valence-corrected chi connectivity index (χ1v) is 8.68. The van der Waals surface area contributed by atoms with Crippen LogP contribution in [-0.2, 0) is 6.54 Å². The van der Waals surface area contributed by atoms with Gasteiger partial charge in [0.2, 0.25) is 0 Å². The summed E-state index contributed by atoms with van der Waals surface area (Å²) in [6.45, 7) is 1.92. The molecule has 1 aromatic carbocycles. The van der Waals surface area contributed by atoms with Crippen molar-refractivity contribution in [2.45, 2.75) is 25.4 Å². The van der Waals surface area contributed by atoms with E-state index in [9.17, 15) is 9.50 Å². The molecule has 0 amide bonds. The number of nitrogens with zero attached hydrogens (tertiary/aromatic N) is 3. The van der Waals surface area contributed by atoms with Gasteiger partial charge >= 0.3 is 0 Å². The minimum atomic E-state index is -0.521. The Morgan fingerprint density at radius 2 is 2.35 bits per heavy atom. The van der Waals surface area contributed by atoms with Gasteiger partial charge in [0.25, 0.3) is 0 Å². The zero-order valence-electron chi connectivity index (χ0n) is 14.0. The lowest BCUT2D eigenvalue weighted by Crippen LogP contribution is -2.42. The Morgan fingerprint density at radius 3 is 3.08 bits per heavy atom. The molecule has 2 heterocycles. The van der Waals surface area contributed by atoms with Gasteiger partial charge in [-0.1, -0.05) is 16.8 Å². The van der Waals surface area contributed by atoms with Gasteiger partial charge in [0.15, 0.2) is 11.5 Å². The monoisotopic (exact) mass is 382 g/mol. The van der Waals surface area contributed by atoms with Gasteiger partial charge < -0.3 is 21.1 Å². The molecule has 4 N–H and O–H groups in total. The number of anilines is 1. The second kappa shape index (κ2) is 9.04. The molecule has 1 aliphatic heterocycles. The summed E-state index contributed by atoms with van der Waals surface area (Å²) in [5.41, 5.74) is 1.43. The lowest BCUT2D eigenvalue weighted by molar-refractivity contribution is 0.299. The van der Waals surface area contributed by atoms with Crippen LogP contribution < -0.4 is 16.0 Å². The number of halogens is 2. The number of piperidine rings is 1. The summed E-state index contributed by atoms with van der Waals surface area (Å²) in [6, 6.07) is 4.51. The van der Waals surface area contributed by atoms with Crippen LogP contribution in [0.4, 0.5) is 10.1 Å². The van der Waals surface area contributed by atoms with E-state index < -0.39 is 12.5 Å². The van der Waals surface area contributed by atoms with E-state index in [2.05, 4.69) is 31.3 Å². The van der Waals surface area contributed by atoms with Crippen LogP contribution in [0.25, 0.3) is 0 Å². The molecular weight excluding hydrogens is 363 g/mol. The molecule has 0 bridgehead atoms. The molecule has 8 nitrogen and oxygen atoms in total. The Bertz CT molecular complexity index is 763. The molecule has 1 saturated heterocycles. The number of aromatic nitrogens is 2. The first-order chi connectivity index (χ1) is 12.7. The van der Waals surface area contributed by atoms with E-state index in [1.54, 1.807) is 0 Å². The Balaban J connectivity index is 1.72. The second-order valence-electron chi connectivity index (χ2n) is 5.89. The number of hydrogen-bond donors (Lipinski definition) is 4. The van der Waals surface area contributed by atoms with E-state index in [0.717, 1.165) is 25.9 Å². The van der Waals surface area contributed by atoms with Crippen LogP contribution >= 0.6 is 11.6 Å². The van der Waals surface area contributed by atoms with E-state index in [0.29, 0.717) is 29.7 Å². The molecular formula is C16H20ClFN6O2. The maximum atomic E-state index is 13.3. The van der Waals surface area contributed by atoms with Crippen LogP contribution in [0, 0.1) is 5.82 Å². The van der Waals surface area contributed by atoms with Crippen molar-refractivity contribution in [3.05, 3.63) is 40.4 Å². The van der Waals surface area contributed by atoms with E-state index in [4.69, 9.17) is 16.2 Å². The van der Waals surface area contributed by atoms with Gasteiger partial charge in [0, 0.05) is 24.8 Å². The Hall–Kier alpha value is -2.07. The van der Waals surface area contributed by atoms with Crippen molar-refractivity contribution in [3.63, 3.8) is 0 Å². The van der Waals surface area contributed by atoms with E-state index in [-0.39, 0.29) is 10.9 Å². The molecule has 1 aromatic heterocycles. The Kier molecular flexibility index (Phi) is 6.51. The van der Waals surface area contributed by atoms with Crippen LogP contribution in [0.1, 0.15) is 24.2 Å². The molecule has 0 radical (unpaired) electrons. The van der Waals surface area contributed by atoms with Crippen molar-refractivity contribution >= 4 is 23.1 Å². The standard InChI is InChI=1S/C16H20ClFN6O2/c17-12-6-10(3-4-13(12)18)22-16(21-9-25)15-14(23-26-24-15)8-20-11-2-1-5-19-7-11/h3-4,6,11,19-20,25H,1-2,5,7-9H2,(H,21,22). The highest BCUT2D eigenvalue weighted by atomic mass is 35.5. The van der Waals surface area contributed by atoms with Gasteiger partial charge in [-0.2, -0.15) is 0 Å². The van der Waals surface area contributed by atoms with Crippen LogP contribution in [-0.4, -0.2) is 47.1 Å². The van der Waals surface area contributed by atoms with Crippen LogP contribution in [0.5, 0.6) is 0 Å². The highest BCUT2D eigenvalue weighted by Crippen LogP contribution is 2.20. The minimum absolute atomic E-state index is 0.0247. The maximum absolute atomic E-state index is 13.3. The zero-order chi connectivity index (χ0) is 18.4. The summed E-state index contributed by atoms with van der Waals surface area (Å²) >= 11 is 5.80. The molecule has 140 valence electrons. The normalized spacial score (nSPS) is 18.1. The summed E-state index contributed by atoms with van der Waals surface area (Å²) in [5, 5.41) is 26.7. The average Bonchev–Trinajstić information content (AvgIpc) is 3.12. The molecule has 0 spiro atoms. The number of aliphatic hydroxyl groups excluding tert-OH is 1. The fraction of sp³-hybridized carbons (Fsp3) is 0.438. The number of benzene rings is 1. The quantitative estimate of drug-likeness (QED) is 0.443. The van der Waals surface area contributed by atoms with Gasteiger partial charge in [0.1, 0.15) is 18.2 Å². The van der Waals surface area contributed by atoms with Crippen LogP contribution in [0.15, 0.2) is 27.8 Å². The number of aliphatic imine (C=N–C) groups is 1. The predicted molar refractivity (Wildman–Crippen MR) is 95.7 cm³/mol. The fourth-order valence-corrected chi connectivity index (χ4v) is 2.90. The molecule has 3 rings (SSSR count). The lowest BCUT2D eigenvalue weighted by Gasteiger charge is -2.23. The molecule has 0 saturated carbocycles. The number of aliphatic hydroxyl groups is 1. The highest BCUT2D eigenvalue weighted by molar-refractivity contribution is 6.31. The highest BCUT2D eigenvalue weighted by Gasteiger charge is 2.19. The molecule has 1 aliphatic rings. The predicted octanol–water partition coefficient (Wildman–Crippen LogP) is 1.51. The third-order valence-corrected chi connectivity index (χ3v) is 4.34. The van der Waals surface area contributed by atoms with Crippen molar-refractivity contribution in [1.82, 2.24) is 20.9 Å². The SMILES string of the molecule is OCN=C(Nc1ccc(F)c(Cl)c1)c1nonc1CNC1CCCNC1. The van der Waals surface area contributed by atoms with Gasteiger partial charge in [0.05, 0.1) is 5.02 Å². The van der Waals surface area contributed by atoms with E-state index in [1.807, 2.05) is 0 Å². The Labute approximate surface area is 154 Å². The largest absolute Gasteiger partial charge is 0.374 e. The van der Waals surface area contributed by atoms with Crippen LogP contribution in [0.3, 0.4) is 0 Å². The van der Waals surface area contributed by atoms with Crippen molar-refractivity contribution in [1.29, 1.82) is 0 Å². The van der Waals surface area contributed by atoms with Crippen LogP contribution in [0.2, 0.25) is 5.02 Å². The van der Waals surface area contributed by atoms with Gasteiger partial charge in [-0.25, -0.2) is 14.0 Å². The first kappa shape index (κ1) is 18.7. The molecule has 1 atom stereocenters. The summed E-state index contributed by atoms with van der Waals surface area (Å²) in [5.74, 6) is -0.262. The Morgan fingerprint density at radius 1 is 1.46 bits per heavy atom. The number of hydrogen-bond acceptors (Lipinski definition) is 7. The van der Waals surface area contributed by atoms with Crippen molar-refractivity contribution < 1.29 is 14.1 Å². The second-order valence-corrected chi connectivity index (χ2v) is 6.29. The third kappa shape index (κ3) is 4.76. The molecule has 26 heavy (non-hydrogen) atoms. The summed E-state index contributed by atoms with van der Waals surface area (Å²) in [4.78, 5) is 3.99. The maximum Gasteiger partial charge on any atom is 0.174 e. The number of rotatable bonds is 6. The average molecular weight is 383 g/mol. The smallest absolute Gasteiger partial charge is 0.174 e. The molecule has 10 heteroatoms. The minimum Gasteiger partial charge on any atom is -0.374 e. The molecule has 1 unspecified atom stereocenters. The van der Waals surface area contributed by atoms with Crippen molar-refractivity contribution in [3.8, 4) is 0 Å². The molecule has 2 aromatic rings. The lowest BCUT2D eigenvalue weighted by atomic mass is 10.1. The zero-order valence-corrected chi connectivity index (χ0v) is 14.8. The van der Waals surface area contributed by atoms with Crippen molar-refractivity contribution in [2.24, 2.45) is 4.99 Å². The number of amidine groups is 1. The first-order valence-electron chi connectivity index (χ1n) is 8.30. The molecule has 0 aliphatic carbocycles. The van der Waals surface area contributed by atoms with E-state index in [1.165, 1.54) is 18.2 Å². The summed E-state index contributed by atoms with van der Waals surface area (Å²) in [7, 11) is 0.